The standard InChI is InChI=1S/C21H26ClN3O2S/c1-6-24(7-2)10-11-25(20(26)16-12-13(3)27-15(16)5)21-23-19-14(4)17(22)8-9-18(19)28-21/h8-9,12H,6-7,10-11H2,1-5H3. The molecule has 28 heavy (non-hydrogen) atoms. The second kappa shape index (κ2) is 8.64. The molecule has 7 heteroatoms. The van der Waals surface area contributed by atoms with Crippen LogP contribution in [0, 0.1) is 20.8 Å². The summed E-state index contributed by atoms with van der Waals surface area (Å²) >= 11 is 7.78. The van der Waals surface area contributed by atoms with Crippen LogP contribution in [0.1, 0.15) is 41.3 Å². The van der Waals surface area contributed by atoms with Gasteiger partial charge in [0.1, 0.15) is 11.5 Å². The Kier molecular flexibility index (Phi) is 6.43. The van der Waals surface area contributed by atoms with Crippen LogP contribution in [-0.4, -0.2) is 42.0 Å². The van der Waals surface area contributed by atoms with Crippen molar-refractivity contribution in [2.45, 2.75) is 34.6 Å². The molecule has 5 nitrogen and oxygen atoms in total. The second-order valence-corrected chi connectivity index (χ2v) is 8.24. The summed E-state index contributed by atoms with van der Waals surface area (Å²) in [7, 11) is 0. The molecule has 0 aliphatic heterocycles. The Bertz CT molecular complexity index is 991. The summed E-state index contributed by atoms with van der Waals surface area (Å²) in [4.78, 5) is 22.2. The molecular formula is C21H26ClN3O2S. The summed E-state index contributed by atoms with van der Waals surface area (Å²) in [5, 5.41) is 1.38. The summed E-state index contributed by atoms with van der Waals surface area (Å²) in [5.74, 6) is 1.29. The second-order valence-electron chi connectivity index (χ2n) is 6.83. The van der Waals surface area contributed by atoms with Gasteiger partial charge in [-0.15, -0.1) is 0 Å². The number of carbonyl (C=O) groups is 1. The fourth-order valence-corrected chi connectivity index (χ4v) is 4.46. The molecule has 2 aromatic heterocycles. The molecule has 150 valence electrons. The molecule has 0 unspecified atom stereocenters. The number of thiazole rings is 1. The van der Waals surface area contributed by atoms with Crippen molar-refractivity contribution in [1.82, 2.24) is 9.88 Å². The molecule has 0 spiro atoms. The molecule has 3 rings (SSSR count). The Morgan fingerprint density at radius 3 is 2.50 bits per heavy atom. The average molecular weight is 420 g/mol. The number of anilines is 1. The van der Waals surface area contributed by atoms with Gasteiger partial charge in [0.2, 0.25) is 0 Å². The zero-order valence-electron chi connectivity index (χ0n) is 17.0. The molecule has 0 aliphatic carbocycles. The number of halogens is 1. The minimum atomic E-state index is -0.0793. The van der Waals surface area contributed by atoms with Crippen molar-refractivity contribution >= 4 is 44.2 Å². The highest BCUT2D eigenvalue weighted by Crippen LogP contribution is 2.34. The van der Waals surface area contributed by atoms with Crippen LogP contribution >= 0.6 is 22.9 Å². The van der Waals surface area contributed by atoms with Crippen molar-refractivity contribution in [2.75, 3.05) is 31.1 Å². The van der Waals surface area contributed by atoms with Crippen molar-refractivity contribution in [3.8, 4) is 0 Å². The maximum atomic E-state index is 13.4. The van der Waals surface area contributed by atoms with Gasteiger partial charge in [0.15, 0.2) is 5.13 Å². The zero-order valence-corrected chi connectivity index (χ0v) is 18.6. The molecule has 1 amide bonds. The number of rotatable bonds is 7. The number of carbonyl (C=O) groups excluding carboxylic acids is 1. The lowest BCUT2D eigenvalue weighted by Gasteiger charge is -2.24. The van der Waals surface area contributed by atoms with Gasteiger partial charge in [-0.3, -0.25) is 9.69 Å². The molecule has 2 heterocycles. The van der Waals surface area contributed by atoms with Crippen molar-refractivity contribution in [3.63, 3.8) is 0 Å². The zero-order chi connectivity index (χ0) is 20.4. The Morgan fingerprint density at radius 1 is 1.18 bits per heavy atom. The first-order chi connectivity index (χ1) is 13.3. The van der Waals surface area contributed by atoms with E-state index in [2.05, 4.69) is 18.7 Å². The lowest BCUT2D eigenvalue weighted by Crippen LogP contribution is -2.39. The molecule has 0 atom stereocenters. The van der Waals surface area contributed by atoms with Gasteiger partial charge in [0, 0.05) is 18.1 Å². The van der Waals surface area contributed by atoms with Gasteiger partial charge < -0.3 is 9.32 Å². The van der Waals surface area contributed by atoms with Crippen molar-refractivity contribution in [1.29, 1.82) is 0 Å². The summed E-state index contributed by atoms with van der Waals surface area (Å²) < 4.78 is 6.62. The molecule has 0 fully saturated rings. The molecular weight excluding hydrogens is 394 g/mol. The highest BCUT2D eigenvalue weighted by Gasteiger charge is 2.25. The fourth-order valence-electron chi connectivity index (χ4n) is 3.26. The van der Waals surface area contributed by atoms with Gasteiger partial charge in [-0.25, -0.2) is 4.98 Å². The third kappa shape index (κ3) is 4.09. The van der Waals surface area contributed by atoms with Crippen molar-refractivity contribution in [2.24, 2.45) is 0 Å². The van der Waals surface area contributed by atoms with Crippen LogP contribution in [0.3, 0.4) is 0 Å². The molecule has 3 aromatic rings. The van der Waals surface area contributed by atoms with Gasteiger partial charge in [-0.05, 0) is 57.6 Å². The first-order valence-corrected chi connectivity index (χ1v) is 10.7. The molecule has 0 N–H and O–H groups in total. The van der Waals surface area contributed by atoms with Crippen LogP contribution < -0.4 is 4.90 Å². The van der Waals surface area contributed by atoms with E-state index in [-0.39, 0.29) is 5.91 Å². The van der Waals surface area contributed by atoms with Crippen LogP contribution in [0.25, 0.3) is 10.2 Å². The summed E-state index contributed by atoms with van der Waals surface area (Å²) in [5.41, 5.74) is 2.38. The third-order valence-corrected chi connectivity index (χ3v) is 6.47. The molecule has 1 aromatic carbocycles. The van der Waals surface area contributed by atoms with Gasteiger partial charge >= 0.3 is 0 Å². The predicted octanol–water partition coefficient (Wildman–Crippen LogP) is 5.46. The van der Waals surface area contributed by atoms with E-state index < -0.39 is 0 Å². The number of hydrogen-bond acceptors (Lipinski definition) is 5. The van der Waals surface area contributed by atoms with E-state index in [9.17, 15) is 4.79 Å². The summed E-state index contributed by atoms with van der Waals surface area (Å²) in [6.07, 6.45) is 0. The van der Waals surface area contributed by atoms with E-state index in [4.69, 9.17) is 21.0 Å². The third-order valence-electron chi connectivity index (χ3n) is 5.02. The van der Waals surface area contributed by atoms with Crippen molar-refractivity contribution < 1.29 is 9.21 Å². The minimum absolute atomic E-state index is 0.0793. The van der Waals surface area contributed by atoms with E-state index in [0.717, 1.165) is 41.2 Å². The molecule has 0 saturated carbocycles. The van der Waals surface area contributed by atoms with E-state index in [1.54, 1.807) is 11.0 Å². The molecule has 0 saturated heterocycles. The number of furan rings is 1. The molecule has 0 radical (unpaired) electrons. The Hall–Kier alpha value is -1.89. The largest absolute Gasteiger partial charge is 0.466 e. The average Bonchev–Trinajstić information content (AvgIpc) is 3.24. The lowest BCUT2D eigenvalue weighted by molar-refractivity contribution is 0.0982. The van der Waals surface area contributed by atoms with Crippen LogP contribution in [0.5, 0.6) is 0 Å². The van der Waals surface area contributed by atoms with Crippen LogP contribution in [-0.2, 0) is 0 Å². The number of fused-ring (bicyclic) bond motifs is 1. The van der Waals surface area contributed by atoms with E-state index in [1.807, 2.05) is 32.9 Å². The number of amides is 1. The maximum Gasteiger partial charge on any atom is 0.263 e. The number of aromatic nitrogens is 1. The molecule has 0 bridgehead atoms. The van der Waals surface area contributed by atoms with Crippen LogP contribution in [0.15, 0.2) is 22.6 Å². The first-order valence-electron chi connectivity index (χ1n) is 9.52. The Balaban J connectivity index is 2.01. The number of nitrogens with zero attached hydrogens (tertiary/aromatic N) is 3. The van der Waals surface area contributed by atoms with Gasteiger partial charge in [-0.2, -0.15) is 0 Å². The smallest absolute Gasteiger partial charge is 0.263 e. The van der Waals surface area contributed by atoms with E-state index in [1.165, 1.54) is 11.3 Å². The minimum Gasteiger partial charge on any atom is -0.466 e. The quantitative estimate of drug-likeness (QED) is 0.510. The lowest BCUT2D eigenvalue weighted by atomic mass is 10.2. The number of benzene rings is 1. The highest BCUT2D eigenvalue weighted by molar-refractivity contribution is 7.22. The maximum absolute atomic E-state index is 13.4. The van der Waals surface area contributed by atoms with Gasteiger partial charge in [0.05, 0.1) is 15.8 Å². The van der Waals surface area contributed by atoms with Gasteiger partial charge in [-0.1, -0.05) is 36.8 Å². The van der Waals surface area contributed by atoms with Gasteiger partial charge in [0.25, 0.3) is 5.91 Å². The number of hydrogen-bond donors (Lipinski definition) is 0. The Morgan fingerprint density at radius 2 is 1.89 bits per heavy atom. The number of aryl methyl sites for hydroxylation is 3. The van der Waals surface area contributed by atoms with E-state index >= 15 is 0 Å². The van der Waals surface area contributed by atoms with Crippen LogP contribution in [0.4, 0.5) is 5.13 Å². The van der Waals surface area contributed by atoms with Crippen molar-refractivity contribution in [3.05, 3.63) is 45.9 Å². The normalized spacial score (nSPS) is 11.5. The molecule has 0 aliphatic rings. The topological polar surface area (TPSA) is 49.6 Å². The first kappa shape index (κ1) is 20.8. The SMILES string of the molecule is CCN(CC)CCN(C(=O)c1cc(C)oc1C)c1nc2c(C)c(Cl)ccc2s1. The van der Waals surface area contributed by atoms with Crippen LogP contribution in [0.2, 0.25) is 5.02 Å². The highest BCUT2D eigenvalue weighted by atomic mass is 35.5. The summed E-state index contributed by atoms with van der Waals surface area (Å²) in [6.45, 7) is 13.1. The Labute approximate surface area is 174 Å². The number of likely N-dealkylation sites (N-methyl/N-ethyl adjacent to an activating group) is 1. The fraction of sp³-hybridized carbons (Fsp3) is 0.429. The summed E-state index contributed by atoms with van der Waals surface area (Å²) in [6, 6.07) is 5.65. The van der Waals surface area contributed by atoms with E-state index in [0.29, 0.717) is 28.0 Å². The monoisotopic (exact) mass is 419 g/mol. The predicted molar refractivity (Wildman–Crippen MR) is 117 cm³/mol.